The van der Waals surface area contributed by atoms with Gasteiger partial charge in [-0.1, -0.05) is 6.07 Å². The van der Waals surface area contributed by atoms with Gasteiger partial charge in [0.05, 0.1) is 12.8 Å². The van der Waals surface area contributed by atoms with Gasteiger partial charge in [0, 0.05) is 27.7 Å². The summed E-state index contributed by atoms with van der Waals surface area (Å²) in [7, 11) is 1.52. The van der Waals surface area contributed by atoms with E-state index in [0.29, 0.717) is 39.3 Å². The van der Waals surface area contributed by atoms with E-state index in [9.17, 15) is 9.18 Å². The molecule has 0 bridgehead atoms. The lowest BCUT2D eigenvalue weighted by atomic mass is 10.0. The van der Waals surface area contributed by atoms with Crippen LogP contribution < -0.4 is 10.5 Å². The van der Waals surface area contributed by atoms with Crippen molar-refractivity contribution in [1.82, 2.24) is 0 Å². The number of nitrogens with two attached hydrogens (primary N) is 1. The normalized spacial score (nSPS) is 17.2. The average molecular weight is 454 g/mol. The molecule has 0 saturated heterocycles. The lowest BCUT2D eigenvalue weighted by Crippen LogP contribution is -2.09. The minimum Gasteiger partial charge on any atom is -0.497 e. The van der Waals surface area contributed by atoms with Crippen molar-refractivity contribution in [3.8, 4) is 5.75 Å². The molecule has 6 heteroatoms. The van der Waals surface area contributed by atoms with Crippen molar-refractivity contribution in [2.75, 3.05) is 12.8 Å². The van der Waals surface area contributed by atoms with Crippen molar-refractivity contribution in [3.05, 3.63) is 53.3 Å². The lowest BCUT2D eigenvalue weighted by molar-refractivity contribution is 0.0980. The molecule has 132 valence electrons. The Labute approximate surface area is 156 Å². The number of carbonyl (C=O) groups excluding carboxylic acids is 1. The molecule has 1 atom stereocenters. The number of alkyl halides is 1. The zero-order valence-electron chi connectivity index (χ0n) is 14.0. The maximum atomic E-state index is 14.1. The third-order valence-corrected chi connectivity index (χ3v) is 7.10. The minimum atomic E-state index is -0.465. The first-order valence-corrected chi connectivity index (χ1v) is 10.4. The van der Waals surface area contributed by atoms with Crippen LogP contribution in [0.15, 0.2) is 39.5 Å². The van der Waals surface area contributed by atoms with Crippen LogP contribution in [0.1, 0.15) is 35.2 Å². The Hall–Kier alpha value is -1.83. The number of anilines is 1. The Bertz CT molecular complexity index is 823. The van der Waals surface area contributed by atoms with E-state index in [4.69, 9.17) is 13.6 Å². The van der Waals surface area contributed by atoms with Gasteiger partial charge in [-0.15, -0.1) is 0 Å². The minimum absolute atomic E-state index is 0.114. The van der Waals surface area contributed by atoms with Crippen LogP contribution in [0.5, 0.6) is 5.75 Å². The number of fused-ring (bicyclic) bond motifs is 1. The van der Waals surface area contributed by atoms with Gasteiger partial charge in [0.25, 0.3) is 0 Å². The van der Waals surface area contributed by atoms with Gasteiger partial charge >= 0.3 is 0 Å². The first kappa shape index (κ1) is 18.0. The number of nitrogen functional groups attached to an aromatic ring is 1. The summed E-state index contributed by atoms with van der Waals surface area (Å²) in [6.07, 6.45) is 2.82. The Balaban J connectivity index is 1.73. The van der Waals surface area contributed by atoms with E-state index >= 15 is 0 Å². The summed E-state index contributed by atoms with van der Waals surface area (Å²) >= 11 is -0.465. The Morgan fingerprint density at radius 2 is 2.16 bits per heavy atom. The summed E-state index contributed by atoms with van der Waals surface area (Å²) in [4.78, 5) is 12.4. The van der Waals surface area contributed by atoms with E-state index < -0.39 is 21.0 Å². The molecule has 4 nitrogen and oxygen atoms in total. The molecule has 0 radical (unpaired) electrons. The smallest absolute Gasteiger partial charge is 0.165 e. The number of rotatable bonds is 4. The predicted octanol–water partition coefficient (Wildman–Crippen LogP) is 5.18. The quantitative estimate of drug-likeness (QED) is 0.394. The van der Waals surface area contributed by atoms with Crippen molar-refractivity contribution in [3.63, 3.8) is 0 Å². The summed E-state index contributed by atoms with van der Waals surface area (Å²) in [6, 6.07) is 10.3. The van der Waals surface area contributed by atoms with Crippen LogP contribution in [-0.2, 0) is 6.42 Å². The molecule has 1 unspecified atom stereocenters. The predicted molar refractivity (Wildman–Crippen MR) is 106 cm³/mol. The summed E-state index contributed by atoms with van der Waals surface area (Å²) in [6.45, 7) is 0. The van der Waals surface area contributed by atoms with Crippen LogP contribution in [0, 0.1) is 5.82 Å². The highest BCUT2D eigenvalue weighted by Gasteiger charge is 2.18. The van der Waals surface area contributed by atoms with Crippen LogP contribution in [-0.4, -0.2) is 16.8 Å². The van der Waals surface area contributed by atoms with Gasteiger partial charge in [-0.2, -0.15) is 0 Å². The second kappa shape index (κ2) is 8.03. The van der Waals surface area contributed by atoms with Gasteiger partial charge in [0.15, 0.2) is 5.78 Å². The molecule has 0 fully saturated rings. The zero-order valence-corrected chi connectivity index (χ0v) is 16.1. The van der Waals surface area contributed by atoms with Crippen LogP contribution >= 0.6 is 21.0 Å². The molecule has 1 aliphatic rings. The third kappa shape index (κ3) is 4.42. The first-order chi connectivity index (χ1) is 12.1. The standard InChI is InChI=1S/C19H20FIN2O2/c1-25-15-7-3-12(17(20)11-15)2-4-13-5-9-19(24)16-8-6-14(22)10-18(16)23-21-13/h3,6-8,10-11,13H,2,4-5,9,22H2,1H3. The summed E-state index contributed by atoms with van der Waals surface area (Å²) in [5, 5.41) is 0. The molecular formula is C19H20FIN2O2. The molecule has 0 aromatic heterocycles. The molecule has 2 aromatic carbocycles. The summed E-state index contributed by atoms with van der Waals surface area (Å²) in [5.41, 5.74) is 8.52. The molecule has 0 saturated carbocycles. The fourth-order valence-electron chi connectivity index (χ4n) is 2.81. The van der Waals surface area contributed by atoms with Crippen LogP contribution in [0.4, 0.5) is 15.8 Å². The monoisotopic (exact) mass is 454 g/mol. The molecule has 1 heterocycles. The average Bonchev–Trinajstić information content (AvgIpc) is 2.60. The molecule has 25 heavy (non-hydrogen) atoms. The molecule has 2 N–H and O–H groups in total. The zero-order chi connectivity index (χ0) is 17.8. The first-order valence-electron chi connectivity index (χ1n) is 8.15. The molecular weight excluding hydrogens is 434 g/mol. The summed E-state index contributed by atoms with van der Waals surface area (Å²) < 4.78 is 24.2. The highest BCUT2D eigenvalue weighted by molar-refractivity contribution is 14.2. The highest BCUT2D eigenvalue weighted by Crippen LogP contribution is 2.34. The molecule has 0 spiro atoms. The largest absolute Gasteiger partial charge is 0.497 e. The third-order valence-electron chi connectivity index (χ3n) is 4.27. The van der Waals surface area contributed by atoms with E-state index in [1.54, 1.807) is 30.3 Å². The molecule has 1 aliphatic heterocycles. The molecule has 3 rings (SSSR count). The van der Waals surface area contributed by atoms with Crippen LogP contribution in [0.2, 0.25) is 0 Å². The fraction of sp³-hybridized carbons (Fsp3) is 0.316. The van der Waals surface area contributed by atoms with Crippen molar-refractivity contribution in [2.45, 2.75) is 29.6 Å². The SMILES string of the molecule is COc1ccc(CCC2CCC(=O)c3ccc(N)cc3N=I2)c(F)c1. The van der Waals surface area contributed by atoms with Gasteiger partial charge in [-0.25, -0.2) is 7.54 Å². The Morgan fingerprint density at radius 1 is 1.32 bits per heavy atom. The van der Waals surface area contributed by atoms with Crippen molar-refractivity contribution < 1.29 is 13.9 Å². The maximum absolute atomic E-state index is 14.1. The molecule has 0 amide bonds. The number of nitrogens with zero attached hydrogens (tertiary/aromatic N) is 1. The van der Waals surface area contributed by atoms with Gasteiger partial charge in [-0.3, -0.25) is 4.79 Å². The van der Waals surface area contributed by atoms with Crippen molar-refractivity contribution in [2.24, 2.45) is 3.15 Å². The fourth-order valence-corrected chi connectivity index (χ4v) is 5.08. The van der Waals surface area contributed by atoms with E-state index in [-0.39, 0.29) is 11.6 Å². The number of aryl methyl sites for hydroxylation is 1. The van der Waals surface area contributed by atoms with Crippen molar-refractivity contribution in [1.29, 1.82) is 0 Å². The Morgan fingerprint density at radius 3 is 2.92 bits per heavy atom. The summed E-state index contributed by atoms with van der Waals surface area (Å²) in [5.74, 6) is 0.395. The Kier molecular flexibility index (Phi) is 5.78. The number of Topliss-reactive ketones (excluding diaryl/α,β-unsaturated/α-hetero) is 1. The number of ketones is 1. The maximum Gasteiger partial charge on any atom is 0.165 e. The highest BCUT2D eigenvalue weighted by atomic mass is 127. The number of hydrogen-bond acceptors (Lipinski definition) is 4. The van der Waals surface area contributed by atoms with Gasteiger partial charge in [-0.05, 0) is 70.1 Å². The number of benzene rings is 2. The van der Waals surface area contributed by atoms with E-state index in [2.05, 4.69) is 0 Å². The molecule has 2 aromatic rings. The number of ether oxygens (including phenoxy) is 1. The van der Waals surface area contributed by atoms with Crippen LogP contribution in [0.25, 0.3) is 0 Å². The van der Waals surface area contributed by atoms with E-state index in [1.807, 2.05) is 0 Å². The van der Waals surface area contributed by atoms with Gasteiger partial charge in [0.2, 0.25) is 0 Å². The van der Waals surface area contributed by atoms with Crippen LogP contribution in [0.3, 0.4) is 0 Å². The lowest BCUT2D eigenvalue weighted by Gasteiger charge is -2.15. The van der Waals surface area contributed by atoms with Crippen molar-refractivity contribution >= 4 is 38.2 Å². The molecule has 0 aliphatic carbocycles. The topological polar surface area (TPSA) is 64.7 Å². The van der Waals surface area contributed by atoms with Gasteiger partial charge in [0.1, 0.15) is 11.6 Å². The van der Waals surface area contributed by atoms with Gasteiger partial charge < -0.3 is 10.5 Å². The number of hydrogen-bond donors (Lipinski definition) is 1. The number of halogens is 2. The van der Waals surface area contributed by atoms with E-state index in [0.717, 1.165) is 18.5 Å². The van der Waals surface area contributed by atoms with E-state index in [1.165, 1.54) is 13.2 Å². The second-order valence-electron chi connectivity index (χ2n) is 6.01. The number of methoxy groups -OCH3 is 1. The number of carbonyl (C=O) groups is 1. The second-order valence-corrected chi connectivity index (χ2v) is 8.81.